The van der Waals surface area contributed by atoms with Crippen LogP contribution in [0.1, 0.15) is 27.2 Å². The Morgan fingerprint density at radius 3 is 2.43 bits per heavy atom. The third-order valence-corrected chi connectivity index (χ3v) is 1.69. The molecule has 0 aliphatic rings. The van der Waals surface area contributed by atoms with Gasteiger partial charge in [0, 0.05) is 13.0 Å². The molecule has 0 heterocycles. The summed E-state index contributed by atoms with van der Waals surface area (Å²) in [5.41, 5.74) is 0. The second kappa shape index (κ2) is 5.90. The summed E-state index contributed by atoms with van der Waals surface area (Å²) in [6, 6.07) is 0. The van der Waals surface area contributed by atoms with E-state index in [1.807, 2.05) is 0 Å². The minimum absolute atomic E-state index is 0.344. The second-order valence-electron chi connectivity index (χ2n) is 2.91. The standard InChI is InChI=1S/C9H16F2O3/c1-4-9(10,11)6-14-8(12)7(3)13-5-2/h7H,4-6H2,1-3H3. The van der Waals surface area contributed by atoms with Crippen LogP contribution in [0.25, 0.3) is 0 Å². The van der Waals surface area contributed by atoms with Crippen LogP contribution < -0.4 is 0 Å². The van der Waals surface area contributed by atoms with Gasteiger partial charge in [0.15, 0.2) is 12.7 Å². The fourth-order valence-corrected chi connectivity index (χ4v) is 0.714. The van der Waals surface area contributed by atoms with E-state index >= 15 is 0 Å². The number of ether oxygens (including phenoxy) is 2. The summed E-state index contributed by atoms with van der Waals surface area (Å²) in [4.78, 5) is 11.0. The summed E-state index contributed by atoms with van der Waals surface area (Å²) in [5.74, 6) is -3.69. The van der Waals surface area contributed by atoms with E-state index in [2.05, 4.69) is 4.74 Å². The number of hydrogen-bond acceptors (Lipinski definition) is 3. The molecule has 1 unspecified atom stereocenters. The van der Waals surface area contributed by atoms with Crippen LogP contribution in [0.4, 0.5) is 8.78 Å². The summed E-state index contributed by atoms with van der Waals surface area (Å²) in [6.45, 7) is 3.99. The molecule has 0 bridgehead atoms. The van der Waals surface area contributed by atoms with Crippen molar-refractivity contribution in [3.8, 4) is 0 Å². The van der Waals surface area contributed by atoms with Crippen molar-refractivity contribution < 1.29 is 23.0 Å². The third-order valence-electron chi connectivity index (χ3n) is 1.69. The fraction of sp³-hybridized carbons (Fsp3) is 0.889. The molecule has 0 aromatic rings. The SMILES string of the molecule is CCOC(C)C(=O)OCC(F)(F)CC. The molecular formula is C9H16F2O3. The van der Waals surface area contributed by atoms with E-state index in [-0.39, 0.29) is 6.42 Å². The molecule has 84 valence electrons. The number of esters is 1. The average Bonchev–Trinajstić information content (AvgIpc) is 2.15. The summed E-state index contributed by atoms with van der Waals surface area (Å²) in [5, 5.41) is 0. The summed E-state index contributed by atoms with van der Waals surface area (Å²) in [6.07, 6.45) is -1.13. The lowest BCUT2D eigenvalue weighted by Gasteiger charge is -2.16. The van der Waals surface area contributed by atoms with Gasteiger partial charge >= 0.3 is 5.97 Å². The molecule has 0 aliphatic carbocycles. The first-order valence-electron chi connectivity index (χ1n) is 4.59. The predicted octanol–water partition coefficient (Wildman–Crippen LogP) is 2.00. The first-order chi connectivity index (χ1) is 6.43. The first-order valence-corrected chi connectivity index (χ1v) is 4.59. The van der Waals surface area contributed by atoms with Gasteiger partial charge < -0.3 is 9.47 Å². The Bertz CT molecular complexity index is 183. The molecule has 0 aromatic carbocycles. The minimum Gasteiger partial charge on any atom is -0.457 e. The van der Waals surface area contributed by atoms with Crippen molar-refractivity contribution in [2.24, 2.45) is 0 Å². The molecule has 0 spiro atoms. The zero-order valence-corrected chi connectivity index (χ0v) is 8.68. The van der Waals surface area contributed by atoms with Gasteiger partial charge in [0.25, 0.3) is 5.92 Å². The van der Waals surface area contributed by atoms with Gasteiger partial charge in [-0.2, -0.15) is 0 Å². The van der Waals surface area contributed by atoms with Gasteiger partial charge in [-0.15, -0.1) is 0 Å². The topological polar surface area (TPSA) is 35.5 Å². The predicted molar refractivity (Wildman–Crippen MR) is 47.3 cm³/mol. The van der Waals surface area contributed by atoms with Crippen LogP contribution in [-0.2, 0) is 14.3 Å². The van der Waals surface area contributed by atoms with E-state index < -0.39 is 24.6 Å². The number of hydrogen-bond donors (Lipinski definition) is 0. The zero-order valence-electron chi connectivity index (χ0n) is 8.68. The van der Waals surface area contributed by atoms with E-state index in [9.17, 15) is 13.6 Å². The first kappa shape index (κ1) is 13.3. The molecule has 0 N–H and O–H groups in total. The Labute approximate surface area is 82.4 Å². The highest BCUT2D eigenvalue weighted by atomic mass is 19.3. The van der Waals surface area contributed by atoms with Crippen molar-refractivity contribution in [1.29, 1.82) is 0 Å². The Morgan fingerprint density at radius 1 is 1.43 bits per heavy atom. The van der Waals surface area contributed by atoms with Gasteiger partial charge in [0.2, 0.25) is 0 Å². The van der Waals surface area contributed by atoms with Gasteiger partial charge in [-0.05, 0) is 13.8 Å². The highest BCUT2D eigenvalue weighted by Gasteiger charge is 2.29. The van der Waals surface area contributed by atoms with Gasteiger partial charge in [-0.25, -0.2) is 13.6 Å². The lowest BCUT2D eigenvalue weighted by Crippen LogP contribution is -2.30. The number of alkyl halides is 2. The monoisotopic (exact) mass is 210 g/mol. The van der Waals surface area contributed by atoms with Crippen LogP contribution in [-0.4, -0.2) is 31.2 Å². The van der Waals surface area contributed by atoms with Crippen LogP contribution in [0.2, 0.25) is 0 Å². The van der Waals surface area contributed by atoms with Gasteiger partial charge in [0.05, 0.1) is 0 Å². The Balaban J connectivity index is 3.84. The molecule has 0 fully saturated rings. The van der Waals surface area contributed by atoms with Crippen molar-refractivity contribution in [2.45, 2.75) is 39.2 Å². The quantitative estimate of drug-likeness (QED) is 0.629. The Kier molecular flexibility index (Phi) is 5.60. The largest absolute Gasteiger partial charge is 0.457 e. The third kappa shape index (κ3) is 5.11. The van der Waals surface area contributed by atoms with Gasteiger partial charge in [-0.1, -0.05) is 6.92 Å². The Morgan fingerprint density at radius 2 is 2.00 bits per heavy atom. The summed E-state index contributed by atoms with van der Waals surface area (Å²) in [7, 11) is 0. The molecule has 0 amide bonds. The van der Waals surface area contributed by atoms with Crippen molar-refractivity contribution in [3.63, 3.8) is 0 Å². The average molecular weight is 210 g/mol. The van der Waals surface area contributed by atoms with Gasteiger partial charge in [0.1, 0.15) is 0 Å². The van der Waals surface area contributed by atoms with Crippen LogP contribution in [0, 0.1) is 0 Å². The zero-order chi connectivity index (χ0) is 11.2. The molecular weight excluding hydrogens is 194 g/mol. The number of halogens is 2. The number of carbonyl (C=O) groups excluding carboxylic acids is 1. The van der Waals surface area contributed by atoms with E-state index in [1.165, 1.54) is 13.8 Å². The molecule has 0 rings (SSSR count). The van der Waals surface area contributed by atoms with Crippen molar-refractivity contribution in [3.05, 3.63) is 0 Å². The molecule has 0 aromatic heterocycles. The minimum atomic E-state index is -2.94. The normalized spacial score (nSPS) is 13.8. The molecule has 14 heavy (non-hydrogen) atoms. The number of rotatable bonds is 6. The molecule has 0 saturated heterocycles. The lowest BCUT2D eigenvalue weighted by molar-refractivity contribution is -0.166. The highest BCUT2D eigenvalue weighted by Crippen LogP contribution is 2.18. The van der Waals surface area contributed by atoms with E-state index in [4.69, 9.17) is 4.74 Å². The highest BCUT2D eigenvalue weighted by molar-refractivity contribution is 5.74. The van der Waals surface area contributed by atoms with Crippen molar-refractivity contribution >= 4 is 5.97 Å². The summed E-state index contributed by atoms with van der Waals surface area (Å²) < 4.78 is 34.6. The van der Waals surface area contributed by atoms with E-state index in [0.29, 0.717) is 6.61 Å². The lowest BCUT2D eigenvalue weighted by atomic mass is 10.3. The van der Waals surface area contributed by atoms with E-state index in [0.717, 1.165) is 0 Å². The van der Waals surface area contributed by atoms with Crippen molar-refractivity contribution in [1.82, 2.24) is 0 Å². The van der Waals surface area contributed by atoms with Gasteiger partial charge in [-0.3, -0.25) is 0 Å². The number of carbonyl (C=O) groups is 1. The van der Waals surface area contributed by atoms with Crippen LogP contribution >= 0.6 is 0 Å². The fourth-order valence-electron chi connectivity index (χ4n) is 0.714. The maximum absolute atomic E-state index is 12.6. The van der Waals surface area contributed by atoms with E-state index in [1.54, 1.807) is 6.92 Å². The Hall–Kier alpha value is -0.710. The smallest absolute Gasteiger partial charge is 0.335 e. The maximum atomic E-state index is 12.6. The molecule has 0 saturated carbocycles. The van der Waals surface area contributed by atoms with Crippen LogP contribution in [0.15, 0.2) is 0 Å². The molecule has 5 heteroatoms. The van der Waals surface area contributed by atoms with Crippen molar-refractivity contribution in [2.75, 3.05) is 13.2 Å². The summed E-state index contributed by atoms with van der Waals surface area (Å²) >= 11 is 0. The molecule has 3 nitrogen and oxygen atoms in total. The molecule has 1 atom stereocenters. The van der Waals surface area contributed by atoms with Crippen LogP contribution in [0.5, 0.6) is 0 Å². The van der Waals surface area contributed by atoms with Crippen LogP contribution in [0.3, 0.4) is 0 Å². The molecule has 0 aliphatic heterocycles. The maximum Gasteiger partial charge on any atom is 0.335 e. The molecule has 0 radical (unpaired) electrons. The second-order valence-corrected chi connectivity index (χ2v) is 2.91.